The van der Waals surface area contributed by atoms with E-state index in [0.29, 0.717) is 28.2 Å². The smallest absolute Gasteiger partial charge is 0.280 e. The zero-order valence-corrected chi connectivity index (χ0v) is 18.7. The van der Waals surface area contributed by atoms with Crippen LogP contribution in [0.5, 0.6) is 0 Å². The molecule has 0 fully saturated rings. The number of hydrogen-bond acceptors (Lipinski definition) is 9. The van der Waals surface area contributed by atoms with Crippen LogP contribution in [0.15, 0.2) is 58.0 Å². The second kappa shape index (κ2) is 9.75. The van der Waals surface area contributed by atoms with Crippen molar-refractivity contribution in [2.45, 2.75) is 20.4 Å². The summed E-state index contributed by atoms with van der Waals surface area (Å²) in [5.41, 5.74) is 5.23. The van der Waals surface area contributed by atoms with Crippen molar-refractivity contribution in [3.63, 3.8) is 0 Å². The molecule has 0 aliphatic carbocycles. The average Bonchev–Trinajstić information content (AvgIpc) is 3.50. The highest BCUT2D eigenvalue weighted by Crippen LogP contribution is 2.33. The molecule has 2 heterocycles. The first-order valence-electron chi connectivity index (χ1n) is 10.3. The number of nitrogens with zero attached hydrogens (tertiary/aromatic N) is 7. The lowest BCUT2D eigenvalue weighted by molar-refractivity contribution is -0.384. The molecule has 1 N–H and O–H groups in total. The molecule has 2 aromatic carbocycles. The van der Waals surface area contributed by atoms with Crippen molar-refractivity contribution in [3.05, 3.63) is 81.1 Å². The fourth-order valence-corrected chi connectivity index (χ4v) is 3.24. The summed E-state index contributed by atoms with van der Waals surface area (Å²) >= 11 is 0. The van der Waals surface area contributed by atoms with Crippen LogP contribution >= 0.6 is 0 Å². The lowest BCUT2D eigenvalue weighted by Gasteiger charge is -2.04. The lowest BCUT2D eigenvalue weighted by atomic mass is 10.0. The molecule has 0 spiro atoms. The molecule has 0 aliphatic heterocycles. The Bertz CT molecular complexity index is 1500. The Balaban J connectivity index is 1.41. The highest BCUT2D eigenvalue weighted by molar-refractivity contribution is 5.81. The Morgan fingerprint density at radius 1 is 1.23 bits per heavy atom. The summed E-state index contributed by atoms with van der Waals surface area (Å²) in [7, 11) is 0. The predicted octanol–water partition coefficient (Wildman–Crippen LogP) is 3.15. The van der Waals surface area contributed by atoms with Gasteiger partial charge >= 0.3 is 0 Å². The molecule has 0 saturated heterocycles. The van der Waals surface area contributed by atoms with E-state index in [1.807, 2.05) is 6.92 Å². The average molecular weight is 470 g/mol. The Morgan fingerprint density at radius 3 is 2.77 bits per heavy atom. The van der Waals surface area contributed by atoms with Gasteiger partial charge in [-0.05, 0) is 60.5 Å². The standard InChI is InChI=1S/C23H18N8O4/c1-14-9-19(20(31(33)34)10-15(14)2)21-8-7-17(35-21)12-25-26-22(32)13-30-28-23(27-29-30)18-6-4-3-5-16(18)11-24/h3-10,12H,13H2,1-2H3,(H,26,32)/b25-12+. The van der Waals surface area contributed by atoms with Crippen LogP contribution < -0.4 is 5.43 Å². The van der Waals surface area contributed by atoms with Gasteiger partial charge in [0.1, 0.15) is 18.1 Å². The van der Waals surface area contributed by atoms with Gasteiger partial charge in [-0.15, -0.1) is 10.2 Å². The Morgan fingerprint density at radius 2 is 2.00 bits per heavy atom. The van der Waals surface area contributed by atoms with Crippen molar-refractivity contribution in [3.8, 4) is 28.8 Å². The van der Waals surface area contributed by atoms with Crippen molar-refractivity contribution < 1.29 is 14.1 Å². The number of benzene rings is 2. The number of tetrazole rings is 1. The van der Waals surface area contributed by atoms with Gasteiger partial charge in [0, 0.05) is 11.6 Å². The molecule has 4 aromatic rings. The molecule has 0 bridgehead atoms. The Kier molecular flexibility index (Phi) is 6.41. The summed E-state index contributed by atoms with van der Waals surface area (Å²) in [5.74, 6) is 0.309. The van der Waals surface area contributed by atoms with Crippen LogP contribution in [0.4, 0.5) is 5.69 Å². The van der Waals surface area contributed by atoms with E-state index in [1.54, 1.807) is 49.4 Å². The number of nitrogens with one attached hydrogen (secondary N) is 1. The van der Waals surface area contributed by atoms with Crippen LogP contribution in [-0.2, 0) is 11.3 Å². The zero-order valence-electron chi connectivity index (χ0n) is 18.7. The molecule has 2 aromatic heterocycles. The van der Waals surface area contributed by atoms with E-state index < -0.39 is 10.8 Å². The van der Waals surface area contributed by atoms with Crippen molar-refractivity contribution in [2.24, 2.45) is 5.10 Å². The molecule has 0 aliphatic rings. The highest BCUT2D eigenvalue weighted by Gasteiger charge is 2.19. The quantitative estimate of drug-likeness (QED) is 0.244. The van der Waals surface area contributed by atoms with Crippen molar-refractivity contribution in [1.82, 2.24) is 25.6 Å². The number of nitro groups is 1. The van der Waals surface area contributed by atoms with E-state index >= 15 is 0 Å². The van der Waals surface area contributed by atoms with Gasteiger partial charge in [-0.3, -0.25) is 14.9 Å². The molecule has 4 rings (SSSR count). The number of carbonyl (C=O) groups is 1. The van der Waals surface area contributed by atoms with E-state index in [9.17, 15) is 20.2 Å². The number of amides is 1. The Labute approximate surface area is 198 Å². The van der Waals surface area contributed by atoms with Crippen molar-refractivity contribution in [2.75, 3.05) is 0 Å². The molecular formula is C23H18N8O4. The molecular weight excluding hydrogens is 452 g/mol. The van der Waals surface area contributed by atoms with Crippen molar-refractivity contribution in [1.29, 1.82) is 5.26 Å². The fraction of sp³-hybridized carbons (Fsp3) is 0.130. The molecule has 1 amide bonds. The maximum absolute atomic E-state index is 12.2. The summed E-state index contributed by atoms with van der Waals surface area (Å²) in [6.45, 7) is 3.41. The van der Waals surface area contributed by atoms with E-state index in [4.69, 9.17) is 4.42 Å². The zero-order chi connectivity index (χ0) is 24.9. The van der Waals surface area contributed by atoms with Gasteiger partial charge in [-0.2, -0.15) is 15.2 Å². The minimum atomic E-state index is -0.518. The van der Waals surface area contributed by atoms with Gasteiger partial charge in [-0.1, -0.05) is 12.1 Å². The highest BCUT2D eigenvalue weighted by atomic mass is 16.6. The molecule has 12 nitrogen and oxygen atoms in total. The lowest BCUT2D eigenvalue weighted by Crippen LogP contribution is -2.24. The van der Waals surface area contributed by atoms with E-state index in [2.05, 4.69) is 32.0 Å². The predicted molar refractivity (Wildman–Crippen MR) is 124 cm³/mol. The summed E-state index contributed by atoms with van der Waals surface area (Å²) < 4.78 is 5.66. The number of aromatic nitrogens is 4. The molecule has 12 heteroatoms. The van der Waals surface area contributed by atoms with Crippen LogP contribution in [0.25, 0.3) is 22.7 Å². The second-order valence-electron chi connectivity index (χ2n) is 7.51. The largest absolute Gasteiger partial charge is 0.455 e. The topological polar surface area (TPSA) is 165 Å². The maximum Gasteiger partial charge on any atom is 0.280 e. The van der Waals surface area contributed by atoms with Gasteiger partial charge in [-0.25, -0.2) is 5.43 Å². The monoisotopic (exact) mass is 470 g/mol. The number of nitro benzene ring substituents is 1. The minimum Gasteiger partial charge on any atom is -0.455 e. The van der Waals surface area contributed by atoms with Crippen LogP contribution in [0, 0.1) is 35.3 Å². The molecule has 35 heavy (non-hydrogen) atoms. The van der Waals surface area contributed by atoms with Crippen LogP contribution in [0.3, 0.4) is 0 Å². The molecule has 174 valence electrons. The molecule has 0 saturated carbocycles. The van der Waals surface area contributed by atoms with Gasteiger partial charge in [0.05, 0.1) is 28.3 Å². The third-order valence-corrected chi connectivity index (χ3v) is 5.11. The van der Waals surface area contributed by atoms with Gasteiger partial charge < -0.3 is 4.42 Å². The number of hydrogen-bond donors (Lipinski definition) is 1. The first-order chi connectivity index (χ1) is 16.9. The third kappa shape index (κ3) is 5.09. The number of carbonyl (C=O) groups excluding carboxylic acids is 1. The molecule has 0 atom stereocenters. The van der Waals surface area contributed by atoms with Crippen LogP contribution in [0.1, 0.15) is 22.5 Å². The number of aryl methyl sites for hydroxylation is 2. The summed E-state index contributed by atoms with van der Waals surface area (Å²) in [4.78, 5) is 24.2. The SMILES string of the molecule is Cc1cc(-c2ccc(/C=N/NC(=O)Cn3nnc(-c4ccccc4C#N)n3)o2)c([N+](=O)[O-])cc1C. The minimum absolute atomic E-state index is 0.0589. The van der Waals surface area contributed by atoms with E-state index in [0.717, 1.165) is 15.9 Å². The summed E-state index contributed by atoms with van der Waals surface area (Å²) in [6.07, 6.45) is 1.28. The normalized spacial score (nSPS) is 10.9. The number of nitriles is 1. The summed E-state index contributed by atoms with van der Waals surface area (Å²) in [5, 5.41) is 36.3. The van der Waals surface area contributed by atoms with Gasteiger partial charge in [0.2, 0.25) is 5.82 Å². The molecule has 0 unspecified atom stereocenters. The van der Waals surface area contributed by atoms with E-state index in [-0.39, 0.29) is 18.1 Å². The van der Waals surface area contributed by atoms with Gasteiger partial charge in [0.15, 0.2) is 0 Å². The first kappa shape index (κ1) is 23.0. The Hall–Kier alpha value is -5.18. The number of rotatable bonds is 7. The van der Waals surface area contributed by atoms with Gasteiger partial charge in [0.25, 0.3) is 11.6 Å². The maximum atomic E-state index is 12.2. The third-order valence-electron chi connectivity index (χ3n) is 5.11. The second-order valence-corrected chi connectivity index (χ2v) is 7.51. The summed E-state index contributed by atoms with van der Waals surface area (Å²) in [6, 6.07) is 15.2. The van der Waals surface area contributed by atoms with Crippen molar-refractivity contribution >= 4 is 17.8 Å². The number of hydrazone groups is 1. The fourth-order valence-electron chi connectivity index (χ4n) is 3.24. The van der Waals surface area contributed by atoms with E-state index in [1.165, 1.54) is 12.3 Å². The van der Waals surface area contributed by atoms with Crippen LogP contribution in [-0.4, -0.2) is 37.3 Å². The first-order valence-corrected chi connectivity index (χ1v) is 10.3. The molecule has 0 radical (unpaired) electrons. The number of furan rings is 1. The van der Waals surface area contributed by atoms with Crippen LogP contribution in [0.2, 0.25) is 0 Å².